The number of carbonyl (C=O) groups excluding carboxylic acids is 1. The van der Waals surface area contributed by atoms with Crippen molar-refractivity contribution in [2.75, 3.05) is 11.2 Å². The van der Waals surface area contributed by atoms with Gasteiger partial charge in [-0.05, 0) is 24.0 Å². The second-order valence-electron chi connectivity index (χ2n) is 7.33. The van der Waals surface area contributed by atoms with Crippen molar-refractivity contribution in [2.24, 2.45) is 0 Å². The van der Waals surface area contributed by atoms with Crippen molar-refractivity contribution in [3.63, 3.8) is 0 Å². The van der Waals surface area contributed by atoms with Gasteiger partial charge in [0, 0.05) is 18.0 Å². The minimum absolute atomic E-state index is 0.0706. The highest BCUT2D eigenvalue weighted by atomic mass is 32.2. The molecule has 0 radical (unpaired) electrons. The second kappa shape index (κ2) is 7.97. The lowest BCUT2D eigenvalue weighted by atomic mass is 9.87. The molecule has 0 saturated carbocycles. The van der Waals surface area contributed by atoms with Crippen LogP contribution in [0.25, 0.3) is 11.4 Å². The highest BCUT2D eigenvalue weighted by Gasteiger charge is 2.21. The summed E-state index contributed by atoms with van der Waals surface area (Å²) in [4.78, 5) is 20.3. The molecule has 0 saturated heterocycles. The molecule has 0 fully saturated rings. The van der Waals surface area contributed by atoms with E-state index in [1.165, 1.54) is 22.0 Å². The SMILES string of the molecule is CC(Sc1nnc(-c2ccc(C(C)(C)C)cc2)n1N)C(=O)Nc1ncccn1. The van der Waals surface area contributed by atoms with Crippen LogP contribution in [0.15, 0.2) is 47.9 Å². The number of nitrogen functional groups attached to an aromatic ring is 1. The molecule has 2 aromatic heterocycles. The second-order valence-corrected chi connectivity index (χ2v) is 8.63. The van der Waals surface area contributed by atoms with Gasteiger partial charge in [-0.25, -0.2) is 14.6 Å². The van der Waals surface area contributed by atoms with E-state index in [-0.39, 0.29) is 17.3 Å². The van der Waals surface area contributed by atoms with Crippen LogP contribution in [0.4, 0.5) is 5.95 Å². The number of anilines is 1. The van der Waals surface area contributed by atoms with E-state index in [0.717, 1.165) is 5.56 Å². The zero-order chi connectivity index (χ0) is 20.3. The molecule has 1 aromatic carbocycles. The summed E-state index contributed by atoms with van der Waals surface area (Å²) in [7, 11) is 0. The highest BCUT2D eigenvalue weighted by molar-refractivity contribution is 8.00. The van der Waals surface area contributed by atoms with Crippen molar-refractivity contribution in [1.82, 2.24) is 24.8 Å². The smallest absolute Gasteiger partial charge is 0.240 e. The third-order valence-corrected chi connectivity index (χ3v) is 5.18. The molecular formula is C19H23N7OS. The van der Waals surface area contributed by atoms with E-state index in [1.54, 1.807) is 25.4 Å². The third-order valence-electron chi connectivity index (χ3n) is 4.13. The van der Waals surface area contributed by atoms with Gasteiger partial charge in [-0.3, -0.25) is 10.1 Å². The molecule has 0 aliphatic rings. The summed E-state index contributed by atoms with van der Waals surface area (Å²) in [6, 6.07) is 9.76. The number of benzene rings is 1. The molecule has 0 aliphatic carbocycles. The molecule has 9 heteroatoms. The first kappa shape index (κ1) is 19.8. The average molecular weight is 398 g/mol. The highest BCUT2D eigenvalue weighted by Crippen LogP contribution is 2.27. The first-order chi connectivity index (χ1) is 13.3. The number of rotatable bonds is 5. The molecule has 3 aromatic rings. The maximum Gasteiger partial charge on any atom is 0.240 e. The fourth-order valence-corrected chi connectivity index (χ4v) is 3.23. The van der Waals surface area contributed by atoms with Crippen LogP contribution in [0, 0.1) is 0 Å². The van der Waals surface area contributed by atoms with Gasteiger partial charge in [0.05, 0.1) is 5.25 Å². The number of hydrogen-bond donors (Lipinski definition) is 2. The molecule has 146 valence electrons. The van der Waals surface area contributed by atoms with E-state index in [1.807, 2.05) is 12.1 Å². The molecule has 0 spiro atoms. The Hall–Kier alpha value is -2.94. The Labute approximate surface area is 168 Å². The molecule has 1 atom stereocenters. The minimum atomic E-state index is -0.452. The predicted molar refractivity (Wildman–Crippen MR) is 110 cm³/mol. The van der Waals surface area contributed by atoms with E-state index in [9.17, 15) is 4.79 Å². The molecule has 3 N–H and O–H groups in total. The summed E-state index contributed by atoms with van der Waals surface area (Å²) < 4.78 is 1.40. The average Bonchev–Trinajstić information content (AvgIpc) is 3.02. The number of thioether (sulfide) groups is 1. The number of hydrogen-bond acceptors (Lipinski definition) is 7. The largest absolute Gasteiger partial charge is 0.335 e. The van der Waals surface area contributed by atoms with Crippen molar-refractivity contribution < 1.29 is 4.79 Å². The van der Waals surface area contributed by atoms with Crippen molar-refractivity contribution in [3.05, 3.63) is 48.3 Å². The number of nitrogens with two attached hydrogens (primary N) is 1. The minimum Gasteiger partial charge on any atom is -0.335 e. The Kier molecular flexibility index (Phi) is 5.64. The lowest BCUT2D eigenvalue weighted by Gasteiger charge is -2.19. The number of aromatic nitrogens is 5. The summed E-state index contributed by atoms with van der Waals surface area (Å²) in [5, 5.41) is 11.0. The first-order valence-electron chi connectivity index (χ1n) is 8.81. The van der Waals surface area contributed by atoms with Crippen LogP contribution < -0.4 is 11.2 Å². The molecule has 28 heavy (non-hydrogen) atoms. The van der Waals surface area contributed by atoms with Crippen molar-refractivity contribution >= 4 is 23.6 Å². The Morgan fingerprint density at radius 3 is 2.39 bits per heavy atom. The molecule has 0 bridgehead atoms. The van der Waals surface area contributed by atoms with Gasteiger partial charge in [-0.15, -0.1) is 10.2 Å². The summed E-state index contributed by atoms with van der Waals surface area (Å²) in [5.74, 6) is 6.74. The van der Waals surface area contributed by atoms with Gasteiger partial charge >= 0.3 is 0 Å². The van der Waals surface area contributed by atoms with Crippen LogP contribution in [-0.4, -0.2) is 36.0 Å². The van der Waals surface area contributed by atoms with E-state index >= 15 is 0 Å². The summed E-state index contributed by atoms with van der Waals surface area (Å²) in [5.41, 5.74) is 2.16. The number of carbonyl (C=O) groups is 1. The van der Waals surface area contributed by atoms with Crippen molar-refractivity contribution in [2.45, 2.75) is 43.5 Å². The standard InChI is InChI=1S/C19H23N7OS/c1-12(16(27)23-17-21-10-5-11-22-17)28-18-25-24-15(26(18)20)13-6-8-14(9-7-13)19(2,3)4/h5-12H,20H2,1-4H3,(H,21,22,23,27). The van der Waals surface area contributed by atoms with E-state index in [0.29, 0.717) is 11.0 Å². The monoisotopic (exact) mass is 397 g/mol. The third kappa shape index (κ3) is 4.48. The molecule has 1 unspecified atom stereocenters. The zero-order valence-corrected chi connectivity index (χ0v) is 17.1. The molecule has 0 aliphatic heterocycles. The lowest BCUT2D eigenvalue weighted by molar-refractivity contribution is -0.115. The van der Waals surface area contributed by atoms with Crippen LogP contribution in [0.1, 0.15) is 33.3 Å². The predicted octanol–water partition coefficient (Wildman–Crippen LogP) is 2.87. The molecule has 8 nitrogen and oxygen atoms in total. The fourth-order valence-electron chi connectivity index (χ4n) is 2.46. The van der Waals surface area contributed by atoms with Crippen molar-refractivity contribution in [3.8, 4) is 11.4 Å². The van der Waals surface area contributed by atoms with Gasteiger partial charge < -0.3 is 5.84 Å². The van der Waals surface area contributed by atoms with Crippen LogP contribution in [-0.2, 0) is 10.2 Å². The van der Waals surface area contributed by atoms with E-state index < -0.39 is 5.25 Å². The number of nitrogens with zero attached hydrogens (tertiary/aromatic N) is 5. The topological polar surface area (TPSA) is 112 Å². The first-order valence-corrected chi connectivity index (χ1v) is 9.69. The van der Waals surface area contributed by atoms with Gasteiger partial charge in [0.2, 0.25) is 17.0 Å². The molecule has 2 heterocycles. The lowest BCUT2D eigenvalue weighted by Crippen LogP contribution is -2.24. The zero-order valence-electron chi connectivity index (χ0n) is 16.2. The number of amides is 1. The van der Waals surface area contributed by atoms with Crippen LogP contribution in [0.2, 0.25) is 0 Å². The maximum atomic E-state index is 12.3. The molecule has 1 amide bonds. The quantitative estimate of drug-likeness (QED) is 0.503. The fraction of sp³-hybridized carbons (Fsp3) is 0.316. The molecular weight excluding hydrogens is 374 g/mol. The van der Waals surface area contributed by atoms with Crippen LogP contribution >= 0.6 is 11.8 Å². The summed E-state index contributed by atoms with van der Waals surface area (Å²) in [6.45, 7) is 8.24. The Morgan fingerprint density at radius 2 is 1.79 bits per heavy atom. The van der Waals surface area contributed by atoms with Crippen molar-refractivity contribution in [1.29, 1.82) is 0 Å². The van der Waals surface area contributed by atoms with Gasteiger partial charge in [-0.2, -0.15) is 0 Å². The maximum absolute atomic E-state index is 12.3. The van der Waals surface area contributed by atoms with Crippen LogP contribution in [0.3, 0.4) is 0 Å². The normalized spacial score (nSPS) is 12.6. The van der Waals surface area contributed by atoms with Gasteiger partial charge in [0.1, 0.15) is 0 Å². The Balaban J connectivity index is 1.71. The van der Waals surface area contributed by atoms with Crippen LogP contribution in [0.5, 0.6) is 0 Å². The van der Waals surface area contributed by atoms with E-state index in [4.69, 9.17) is 5.84 Å². The Bertz CT molecular complexity index is 949. The number of nitrogens with one attached hydrogen (secondary N) is 1. The summed E-state index contributed by atoms with van der Waals surface area (Å²) in [6.07, 6.45) is 3.13. The van der Waals surface area contributed by atoms with E-state index in [2.05, 4.69) is 58.4 Å². The van der Waals surface area contributed by atoms with Gasteiger partial charge in [0.25, 0.3) is 0 Å². The summed E-state index contributed by atoms with van der Waals surface area (Å²) >= 11 is 1.22. The van der Waals surface area contributed by atoms with Gasteiger partial charge in [-0.1, -0.05) is 56.8 Å². The Morgan fingerprint density at radius 1 is 1.14 bits per heavy atom. The molecule has 3 rings (SSSR count). The van der Waals surface area contributed by atoms with Gasteiger partial charge in [0.15, 0.2) is 5.82 Å².